The zero-order valence-corrected chi connectivity index (χ0v) is 83.7. The van der Waals surface area contributed by atoms with Crippen molar-refractivity contribution in [2.45, 2.75) is 424 Å². The minimum atomic E-state index is 0.217. The Morgan fingerprint density at radius 2 is 0.509 bits per heavy atom. The lowest BCUT2D eigenvalue weighted by atomic mass is 9.74. The highest BCUT2D eigenvalue weighted by molar-refractivity contribution is 5.49. The van der Waals surface area contributed by atoms with Crippen LogP contribution in [0.1, 0.15) is 440 Å². The van der Waals surface area contributed by atoms with Crippen molar-refractivity contribution >= 4 is 0 Å². The predicted octanol–water partition coefficient (Wildman–Crippen LogP) is 35.2. The van der Waals surface area contributed by atoms with Gasteiger partial charge in [-0.2, -0.15) is 0 Å². The van der Waals surface area contributed by atoms with E-state index in [9.17, 15) is 0 Å². The van der Waals surface area contributed by atoms with Crippen molar-refractivity contribution in [3.05, 3.63) is 279 Å². The molecule has 0 aliphatic heterocycles. The summed E-state index contributed by atoms with van der Waals surface area (Å²) >= 11 is 0. The van der Waals surface area contributed by atoms with E-state index in [1.165, 1.54) is 102 Å². The van der Waals surface area contributed by atoms with E-state index in [0.29, 0.717) is 29.6 Å². The molecular formula is C114H180. The van der Waals surface area contributed by atoms with Gasteiger partial charge in [-0.3, -0.25) is 0 Å². The SMILES string of the molecule is CC(C)Cc1cccc(CC(C)C)c1C(C)(C)C.CC(C)c1cc(C(C)C)c(C(C)(C)C)c(C(C)C)c1.CC(C)c1cccc(C(C)C)c1C(C)(C)C.CCc1cccc(CC)c1C(C)(C)C.Cc1cc(C)cc(C(C)(C)C)c1.Cc1cc(C)cc(C(C)(C)C)c1.Cc1ccc(C(C)(C)C)cc1.Cc1ccc(C)c(C(C)(C)C)c1. The highest BCUT2D eigenvalue weighted by Gasteiger charge is 2.28. The Hall–Kier alpha value is -6.24. The minimum Gasteiger partial charge on any atom is -0.0625 e. The molecule has 0 heteroatoms. The second-order valence-corrected chi connectivity index (χ2v) is 44.4. The second kappa shape index (κ2) is 45.1. The number of rotatable bonds is 11. The van der Waals surface area contributed by atoms with Crippen LogP contribution >= 0.6 is 0 Å². The van der Waals surface area contributed by atoms with E-state index in [1.54, 1.807) is 44.5 Å². The molecular weight excluding hydrogens is 1370 g/mol. The van der Waals surface area contributed by atoms with Crippen molar-refractivity contribution in [2.75, 3.05) is 0 Å². The molecule has 0 aliphatic rings. The maximum absolute atomic E-state index is 2.45. The number of benzene rings is 8. The van der Waals surface area contributed by atoms with E-state index >= 15 is 0 Å². The molecule has 0 N–H and O–H groups in total. The molecule has 8 aromatic rings. The fourth-order valence-corrected chi connectivity index (χ4v) is 15.7. The summed E-state index contributed by atoms with van der Waals surface area (Å²) < 4.78 is 0. The molecule has 0 radical (unpaired) electrons. The van der Waals surface area contributed by atoms with Gasteiger partial charge in [-0.05, 0) is 259 Å². The van der Waals surface area contributed by atoms with Gasteiger partial charge in [0.05, 0.1) is 0 Å². The van der Waals surface area contributed by atoms with Crippen LogP contribution in [0.15, 0.2) is 146 Å². The standard InChI is InChI=1S/C19H32.C18H30.C16H26.C14H22.3C12H18.C11H16/c1-12(2)15-10-16(13(3)4)18(19(7,8)9)17(11-15)14(5)6;1-13(2)11-15-9-8-10-16(12-14(3)4)17(15)18(5,6)7;1-11(2)13-9-8-10-14(12(3)4)15(13)16(5,6)7;1-6-11-9-8-10-12(7-2)13(11)14(3,4)5;2*1-9-6-10(2)8-11(7-9)12(3,4)5;1-9-6-7-10(2)11(8-9)12(3,4)5;1-9-5-7-10(8-6-9)11(2,3)4/h10-14H,1-9H3;8-10,13-14H,11-12H2,1-7H3;8-12H,1-7H3;8-10H,6-7H2,1-5H3;3*6-8H,1-5H3;5-8H,1-4H3. The molecule has 0 fully saturated rings. The molecule has 0 atom stereocenters. The normalized spacial score (nSPS) is 12.2. The Morgan fingerprint density at radius 3 is 0.763 bits per heavy atom. The van der Waals surface area contributed by atoms with Gasteiger partial charge in [0.15, 0.2) is 0 Å². The van der Waals surface area contributed by atoms with Crippen molar-refractivity contribution in [3.8, 4) is 0 Å². The zero-order valence-electron chi connectivity index (χ0n) is 83.7. The molecule has 636 valence electrons. The first kappa shape index (κ1) is 106. The zero-order chi connectivity index (χ0) is 88.7. The van der Waals surface area contributed by atoms with E-state index < -0.39 is 0 Å². The van der Waals surface area contributed by atoms with Gasteiger partial charge in [-0.25, -0.2) is 0 Å². The van der Waals surface area contributed by atoms with Gasteiger partial charge in [-0.1, -0.05) is 456 Å². The Bertz CT molecular complexity index is 3920. The summed E-state index contributed by atoms with van der Waals surface area (Å²) in [5.74, 6) is 4.43. The van der Waals surface area contributed by atoms with Gasteiger partial charge in [0.1, 0.15) is 0 Å². The Balaban J connectivity index is 0.000000656. The molecule has 0 amide bonds. The van der Waals surface area contributed by atoms with Crippen LogP contribution in [0.3, 0.4) is 0 Å². The minimum absolute atomic E-state index is 0.217. The molecule has 0 aliphatic carbocycles. The second-order valence-electron chi connectivity index (χ2n) is 44.4. The molecule has 0 heterocycles. The van der Waals surface area contributed by atoms with Crippen molar-refractivity contribution in [1.29, 1.82) is 0 Å². The van der Waals surface area contributed by atoms with Gasteiger partial charge in [0, 0.05) is 0 Å². The van der Waals surface area contributed by atoms with Crippen LogP contribution in [0.5, 0.6) is 0 Å². The van der Waals surface area contributed by atoms with Crippen LogP contribution in [0.2, 0.25) is 0 Å². The van der Waals surface area contributed by atoms with Gasteiger partial charge in [0.25, 0.3) is 0 Å². The van der Waals surface area contributed by atoms with E-state index in [4.69, 9.17) is 0 Å². The van der Waals surface area contributed by atoms with Gasteiger partial charge < -0.3 is 0 Å². The number of hydrogen-bond donors (Lipinski definition) is 0. The van der Waals surface area contributed by atoms with Crippen LogP contribution in [-0.4, -0.2) is 0 Å². The molecule has 0 saturated heterocycles. The summed E-state index contributed by atoms with van der Waals surface area (Å²) in [7, 11) is 0. The maximum Gasteiger partial charge on any atom is -0.0126 e. The average molecular weight is 1550 g/mol. The number of aryl methyl sites for hydroxylation is 9. The Kier molecular flexibility index (Phi) is 41.8. The third kappa shape index (κ3) is 36.3. The molecule has 8 rings (SSSR count). The maximum atomic E-state index is 2.45. The van der Waals surface area contributed by atoms with Crippen molar-refractivity contribution in [1.82, 2.24) is 0 Å². The van der Waals surface area contributed by atoms with Crippen LogP contribution in [-0.2, 0) is 69.0 Å². The van der Waals surface area contributed by atoms with Gasteiger partial charge in [-0.15, -0.1) is 0 Å². The molecule has 0 aromatic heterocycles. The Labute approximate surface area is 710 Å². The van der Waals surface area contributed by atoms with E-state index in [0.717, 1.165) is 24.7 Å². The lowest BCUT2D eigenvalue weighted by Crippen LogP contribution is -2.19. The van der Waals surface area contributed by atoms with Crippen LogP contribution in [0.4, 0.5) is 0 Å². The summed E-state index contributed by atoms with van der Waals surface area (Å²) in [6.07, 6.45) is 4.66. The largest absolute Gasteiger partial charge is 0.0625 e. The monoisotopic (exact) mass is 1550 g/mol. The number of hydrogen-bond acceptors (Lipinski definition) is 0. The smallest absolute Gasteiger partial charge is 0.0126 e. The molecule has 0 unspecified atom stereocenters. The van der Waals surface area contributed by atoms with Gasteiger partial charge >= 0.3 is 0 Å². The fourth-order valence-electron chi connectivity index (χ4n) is 15.7. The third-order valence-electron chi connectivity index (χ3n) is 21.3. The van der Waals surface area contributed by atoms with Crippen LogP contribution in [0, 0.1) is 60.3 Å². The molecule has 0 saturated carbocycles. The topological polar surface area (TPSA) is 0 Å². The first-order valence-electron chi connectivity index (χ1n) is 44.6. The fraction of sp³-hybridized carbons (Fsp3) is 0.579. The first-order chi connectivity index (χ1) is 51.7. The predicted molar refractivity (Wildman–Crippen MR) is 521 cm³/mol. The quantitative estimate of drug-likeness (QED) is 0.121. The lowest BCUT2D eigenvalue weighted by Gasteiger charge is -2.31. The molecule has 0 nitrogen and oxygen atoms in total. The molecule has 0 spiro atoms. The third-order valence-corrected chi connectivity index (χ3v) is 21.3. The summed E-state index contributed by atoms with van der Waals surface area (Å²) in [6, 6.07) is 54.2. The highest BCUT2D eigenvalue weighted by Crippen LogP contribution is 2.41. The van der Waals surface area contributed by atoms with E-state index in [1.807, 2.05) is 0 Å². The van der Waals surface area contributed by atoms with Gasteiger partial charge in [0.2, 0.25) is 0 Å². The summed E-state index contributed by atoms with van der Waals surface area (Å²) in [5.41, 5.74) is 37.3. The van der Waals surface area contributed by atoms with E-state index in [-0.39, 0.29) is 43.3 Å². The summed E-state index contributed by atoms with van der Waals surface area (Å²) in [5, 5.41) is 0. The molecule has 0 bridgehead atoms. The van der Waals surface area contributed by atoms with Crippen LogP contribution < -0.4 is 0 Å². The highest BCUT2D eigenvalue weighted by atomic mass is 14.3. The van der Waals surface area contributed by atoms with Crippen molar-refractivity contribution in [3.63, 3.8) is 0 Å². The molecule has 8 aromatic carbocycles. The summed E-state index contributed by atoms with van der Waals surface area (Å²) in [6.45, 7) is 107. The Morgan fingerprint density at radius 1 is 0.228 bits per heavy atom. The van der Waals surface area contributed by atoms with E-state index in [2.05, 4.69) is 471 Å². The van der Waals surface area contributed by atoms with Crippen molar-refractivity contribution < 1.29 is 0 Å². The lowest BCUT2D eigenvalue weighted by molar-refractivity contribution is 0.548. The first-order valence-corrected chi connectivity index (χ1v) is 44.6. The van der Waals surface area contributed by atoms with Crippen molar-refractivity contribution in [2.24, 2.45) is 11.8 Å². The summed E-state index contributed by atoms with van der Waals surface area (Å²) in [4.78, 5) is 0. The average Bonchev–Trinajstić information content (AvgIpc) is 0.772. The van der Waals surface area contributed by atoms with Crippen LogP contribution in [0.25, 0.3) is 0 Å². The molecule has 114 heavy (non-hydrogen) atoms.